The highest BCUT2D eigenvalue weighted by molar-refractivity contribution is 5.21. The highest BCUT2D eigenvalue weighted by atomic mass is 19.1. The highest BCUT2D eigenvalue weighted by Gasteiger charge is 2.26. The van der Waals surface area contributed by atoms with E-state index in [2.05, 4.69) is 0 Å². The van der Waals surface area contributed by atoms with Crippen molar-refractivity contribution in [3.63, 3.8) is 0 Å². The number of halogens is 2. The van der Waals surface area contributed by atoms with E-state index >= 15 is 0 Å². The summed E-state index contributed by atoms with van der Waals surface area (Å²) < 4.78 is 25.9. The molecule has 1 fully saturated rings. The van der Waals surface area contributed by atoms with Crippen molar-refractivity contribution < 1.29 is 8.78 Å². The van der Waals surface area contributed by atoms with E-state index in [1.807, 2.05) is 0 Å². The second kappa shape index (κ2) is 3.44. The van der Waals surface area contributed by atoms with E-state index in [0.29, 0.717) is 12.0 Å². The summed E-state index contributed by atoms with van der Waals surface area (Å²) >= 11 is 0. The largest absolute Gasteiger partial charge is 0.242 e. The van der Waals surface area contributed by atoms with E-state index < -0.39 is 6.17 Å². The first kappa shape index (κ1) is 8.67. The topological polar surface area (TPSA) is 0 Å². The first-order valence-electron chi connectivity index (χ1n) is 4.49. The number of hydrogen-bond acceptors (Lipinski definition) is 0. The molecule has 0 bridgehead atoms. The molecule has 1 aromatic rings. The SMILES string of the molecule is Fc1ccc(C(F)C[C]2CC2)cc1. The minimum Gasteiger partial charge on any atom is -0.242 e. The molecule has 1 aliphatic carbocycles. The molecular weight excluding hydrogens is 170 g/mol. The number of benzene rings is 1. The average molecular weight is 181 g/mol. The normalized spacial score (nSPS) is 18.6. The third kappa shape index (κ3) is 2.27. The number of rotatable bonds is 3. The molecule has 2 heteroatoms. The van der Waals surface area contributed by atoms with Gasteiger partial charge in [0.1, 0.15) is 12.0 Å². The van der Waals surface area contributed by atoms with Crippen LogP contribution < -0.4 is 0 Å². The third-order valence-electron chi connectivity index (χ3n) is 2.30. The van der Waals surface area contributed by atoms with E-state index in [9.17, 15) is 8.78 Å². The van der Waals surface area contributed by atoms with Gasteiger partial charge in [0, 0.05) is 0 Å². The quantitative estimate of drug-likeness (QED) is 0.668. The van der Waals surface area contributed by atoms with Crippen LogP contribution in [-0.2, 0) is 0 Å². The number of alkyl halides is 1. The first-order chi connectivity index (χ1) is 6.25. The molecule has 0 amide bonds. The van der Waals surface area contributed by atoms with Crippen LogP contribution in [0.3, 0.4) is 0 Å². The lowest BCUT2D eigenvalue weighted by Gasteiger charge is -2.06. The molecule has 1 unspecified atom stereocenters. The minimum absolute atomic E-state index is 0.310. The van der Waals surface area contributed by atoms with Crippen molar-refractivity contribution in [3.8, 4) is 0 Å². The molecule has 1 saturated carbocycles. The van der Waals surface area contributed by atoms with Gasteiger partial charge >= 0.3 is 0 Å². The Hall–Kier alpha value is -0.920. The zero-order valence-electron chi connectivity index (χ0n) is 7.26. The van der Waals surface area contributed by atoms with Crippen LogP contribution in [0.4, 0.5) is 8.78 Å². The Labute approximate surface area is 76.6 Å². The fourth-order valence-corrected chi connectivity index (χ4v) is 1.34. The molecule has 0 aromatic heterocycles. The third-order valence-corrected chi connectivity index (χ3v) is 2.30. The summed E-state index contributed by atoms with van der Waals surface area (Å²) in [5.74, 6) is 0.979. The van der Waals surface area contributed by atoms with Crippen molar-refractivity contribution in [2.75, 3.05) is 0 Å². The van der Waals surface area contributed by atoms with Gasteiger partial charge in [0.2, 0.25) is 0 Å². The minimum atomic E-state index is -0.946. The molecule has 0 saturated heterocycles. The summed E-state index contributed by atoms with van der Waals surface area (Å²) in [5, 5.41) is 0. The maximum absolute atomic E-state index is 13.4. The van der Waals surface area contributed by atoms with Crippen LogP contribution in [0.1, 0.15) is 31.0 Å². The zero-order valence-corrected chi connectivity index (χ0v) is 7.26. The Balaban J connectivity index is 2.01. The molecule has 0 aliphatic heterocycles. The summed E-state index contributed by atoms with van der Waals surface area (Å²) in [7, 11) is 0. The molecule has 69 valence electrons. The van der Waals surface area contributed by atoms with E-state index in [1.54, 1.807) is 0 Å². The Morgan fingerprint density at radius 1 is 1.15 bits per heavy atom. The summed E-state index contributed by atoms with van der Waals surface area (Å²) in [6.07, 6.45) is 1.72. The fourth-order valence-electron chi connectivity index (χ4n) is 1.34. The molecule has 13 heavy (non-hydrogen) atoms. The van der Waals surface area contributed by atoms with Gasteiger partial charge < -0.3 is 0 Å². The van der Waals surface area contributed by atoms with E-state index in [0.717, 1.165) is 12.8 Å². The maximum atomic E-state index is 13.4. The van der Waals surface area contributed by atoms with Crippen molar-refractivity contribution in [1.82, 2.24) is 0 Å². The Bertz CT molecular complexity index is 275. The van der Waals surface area contributed by atoms with Crippen molar-refractivity contribution in [1.29, 1.82) is 0 Å². The molecule has 1 aromatic carbocycles. The molecule has 0 spiro atoms. The van der Waals surface area contributed by atoms with Gasteiger partial charge in [0.15, 0.2) is 0 Å². The second-order valence-corrected chi connectivity index (χ2v) is 3.47. The van der Waals surface area contributed by atoms with Gasteiger partial charge in [-0.2, -0.15) is 0 Å². The lowest BCUT2D eigenvalue weighted by molar-refractivity contribution is 0.337. The van der Waals surface area contributed by atoms with Crippen molar-refractivity contribution in [3.05, 3.63) is 41.6 Å². The molecular formula is C11H11F2. The smallest absolute Gasteiger partial charge is 0.126 e. The number of hydrogen-bond donors (Lipinski definition) is 0. The lowest BCUT2D eigenvalue weighted by Crippen LogP contribution is -1.92. The predicted octanol–water partition coefficient (Wildman–Crippen LogP) is 3.59. The fraction of sp³-hybridized carbons (Fsp3) is 0.364. The first-order valence-corrected chi connectivity index (χ1v) is 4.49. The summed E-state index contributed by atoms with van der Waals surface area (Å²) in [6.45, 7) is 0. The van der Waals surface area contributed by atoms with Crippen LogP contribution in [0.2, 0.25) is 0 Å². The van der Waals surface area contributed by atoms with Gasteiger partial charge in [-0.15, -0.1) is 0 Å². The van der Waals surface area contributed by atoms with Crippen LogP contribution >= 0.6 is 0 Å². The Morgan fingerprint density at radius 3 is 2.31 bits per heavy atom. The van der Waals surface area contributed by atoms with Crippen LogP contribution in [0.15, 0.2) is 24.3 Å². The van der Waals surface area contributed by atoms with Gasteiger partial charge in [0.05, 0.1) is 0 Å². The summed E-state index contributed by atoms with van der Waals surface area (Å²) in [5.41, 5.74) is 0.584. The molecule has 1 radical (unpaired) electrons. The van der Waals surface area contributed by atoms with E-state index in [-0.39, 0.29) is 5.82 Å². The molecule has 0 N–H and O–H groups in total. The van der Waals surface area contributed by atoms with Gasteiger partial charge in [-0.3, -0.25) is 0 Å². The predicted molar refractivity (Wildman–Crippen MR) is 47.3 cm³/mol. The maximum Gasteiger partial charge on any atom is 0.126 e. The second-order valence-electron chi connectivity index (χ2n) is 3.47. The van der Waals surface area contributed by atoms with Gasteiger partial charge in [-0.1, -0.05) is 12.1 Å². The standard InChI is InChI=1S/C11H11F2/c12-10-5-3-9(4-6-10)11(13)7-8-1-2-8/h3-6,11H,1-2,7H2. The average Bonchev–Trinajstić information content (AvgIpc) is 2.89. The Kier molecular flexibility index (Phi) is 2.30. The van der Waals surface area contributed by atoms with Crippen LogP contribution in [-0.4, -0.2) is 0 Å². The molecule has 2 rings (SSSR count). The zero-order chi connectivity index (χ0) is 9.26. The lowest BCUT2D eigenvalue weighted by atomic mass is 10.1. The van der Waals surface area contributed by atoms with Crippen molar-refractivity contribution in [2.45, 2.75) is 25.4 Å². The van der Waals surface area contributed by atoms with Crippen LogP contribution in [0.25, 0.3) is 0 Å². The Morgan fingerprint density at radius 2 is 1.77 bits per heavy atom. The summed E-state index contributed by atoms with van der Waals surface area (Å²) in [4.78, 5) is 0. The monoisotopic (exact) mass is 181 g/mol. The van der Waals surface area contributed by atoms with E-state index in [1.165, 1.54) is 30.2 Å². The van der Waals surface area contributed by atoms with Crippen LogP contribution in [0, 0.1) is 11.7 Å². The van der Waals surface area contributed by atoms with Crippen LogP contribution in [0.5, 0.6) is 0 Å². The van der Waals surface area contributed by atoms with E-state index in [4.69, 9.17) is 0 Å². The highest BCUT2D eigenvalue weighted by Crippen LogP contribution is 2.41. The molecule has 0 heterocycles. The molecule has 1 aliphatic rings. The van der Waals surface area contributed by atoms with Gasteiger partial charge in [-0.05, 0) is 42.9 Å². The van der Waals surface area contributed by atoms with Crippen molar-refractivity contribution >= 4 is 0 Å². The van der Waals surface area contributed by atoms with Crippen molar-refractivity contribution in [2.24, 2.45) is 0 Å². The molecule has 0 nitrogen and oxygen atoms in total. The van der Waals surface area contributed by atoms with Gasteiger partial charge in [0.25, 0.3) is 0 Å². The summed E-state index contributed by atoms with van der Waals surface area (Å²) in [6, 6.07) is 5.64. The molecule has 1 atom stereocenters. The van der Waals surface area contributed by atoms with Gasteiger partial charge in [-0.25, -0.2) is 8.78 Å².